The fourth-order valence-corrected chi connectivity index (χ4v) is 2.04. The van der Waals surface area contributed by atoms with Gasteiger partial charge in [-0.05, 0) is 36.1 Å². The van der Waals surface area contributed by atoms with E-state index in [0.29, 0.717) is 18.4 Å². The first-order valence-corrected chi connectivity index (χ1v) is 7.10. The fourth-order valence-electron chi connectivity index (χ4n) is 2.04. The van der Waals surface area contributed by atoms with Crippen molar-refractivity contribution in [2.75, 3.05) is 0 Å². The molecular formula is C17H17F2NO. The third-order valence-electron chi connectivity index (χ3n) is 3.49. The zero-order chi connectivity index (χ0) is 14.7. The van der Waals surface area contributed by atoms with E-state index in [2.05, 4.69) is 17.4 Å². The van der Waals surface area contributed by atoms with Crippen LogP contribution in [0, 0.1) is 11.6 Å². The van der Waals surface area contributed by atoms with E-state index in [1.807, 2.05) is 12.1 Å². The summed E-state index contributed by atoms with van der Waals surface area (Å²) in [6.45, 7) is 1.22. The Balaban J connectivity index is 1.53. The van der Waals surface area contributed by atoms with Crippen LogP contribution in [-0.2, 0) is 13.2 Å². The van der Waals surface area contributed by atoms with E-state index < -0.39 is 11.6 Å². The van der Waals surface area contributed by atoms with Crippen LogP contribution in [0.1, 0.15) is 24.0 Å². The maximum Gasteiger partial charge on any atom is 0.162 e. The predicted octanol–water partition coefficient (Wildman–Crippen LogP) is 3.80. The second-order valence-electron chi connectivity index (χ2n) is 5.34. The molecule has 2 nitrogen and oxygen atoms in total. The third kappa shape index (κ3) is 4.02. The van der Waals surface area contributed by atoms with E-state index >= 15 is 0 Å². The molecule has 1 aliphatic rings. The normalized spacial score (nSPS) is 14.2. The first-order valence-electron chi connectivity index (χ1n) is 7.10. The Morgan fingerprint density at radius 3 is 2.33 bits per heavy atom. The molecule has 0 amide bonds. The van der Waals surface area contributed by atoms with Crippen molar-refractivity contribution >= 4 is 0 Å². The minimum atomic E-state index is -0.894. The van der Waals surface area contributed by atoms with Crippen LogP contribution < -0.4 is 10.1 Å². The van der Waals surface area contributed by atoms with E-state index in [9.17, 15) is 8.78 Å². The minimum absolute atomic E-state index is 0.327. The molecule has 0 atom stereocenters. The Hall–Kier alpha value is -1.94. The topological polar surface area (TPSA) is 21.3 Å². The van der Waals surface area contributed by atoms with Gasteiger partial charge >= 0.3 is 0 Å². The molecule has 21 heavy (non-hydrogen) atoms. The fraction of sp³-hybridized carbons (Fsp3) is 0.294. The van der Waals surface area contributed by atoms with Crippen LogP contribution in [-0.4, -0.2) is 6.04 Å². The van der Waals surface area contributed by atoms with E-state index in [1.165, 1.54) is 24.5 Å². The molecule has 0 heterocycles. The molecule has 4 heteroatoms. The zero-order valence-corrected chi connectivity index (χ0v) is 11.6. The maximum atomic E-state index is 13.1. The van der Waals surface area contributed by atoms with Gasteiger partial charge in [-0.1, -0.05) is 24.3 Å². The predicted molar refractivity (Wildman–Crippen MR) is 77.0 cm³/mol. The highest BCUT2D eigenvalue weighted by Gasteiger charge is 2.19. The van der Waals surface area contributed by atoms with Crippen LogP contribution in [0.15, 0.2) is 42.5 Å². The molecule has 1 aliphatic carbocycles. The van der Waals surface area contributed by atoms with Crippen molar-refractivity contribution in [2.24, 2.45) is 0 Å². The molecule has 0 bridgehead atoms. The molecule has 0 aromatic heterocycles. The number of halogens is 2. The first kappa shape index (κ1) is 14.0. The van der Waals surface area contributed by atoms with Crippen LogP contribution in [0.25, 0.3) is 0 Å². The van der Waals surface area contributed by atoms with Gasteiger partial charge in [-0.25, -0.2) is 8.78 Å². The average molecular weight is 289 g/mol. The second-order valence-corrected chi connectivity index (χ2v) is 5.34. The quantitative estimate of drug-likeness (QED) is 0.873. The molecule has 1 N–H and O–H groups in total. The van der Waals surface area contributed by atoms with E-state index in [-0.39, 0.29) is 0 Å². The highest BCUT2D eigenvalue weighted by atomic mass is 19.2. The third-order valence-corrected chi connectivity index (χ3v) is 3.49. The van der Waals surface area contributed by atoms with Gasteiger partial charge in [0, 0.05) is 18.7 Å². The van der Waals surface area contributed by atoms with E-state index in [1.54, 1.807) is 0 Å². The molecule has 0 unspecified atom stereocenters. The lowest BCUT2D eigenvalue weighted by Crippen LogP contribution is -2.15. The average Bonchev–Trinajstić information content (AvgIpc) is 3.32. The number of rotatable bonds is 6. The lowest BCUT2D eigenvalue weighted by Gasteiger charge is -2.08. The monoisotopic (exact) mass is 289 g/mol. The molecular weight excluding hydrogens is 272 g/mol. The molecule has 0 aliphatic heterocycles. The summed E-state index contributed by atoms with van der Waals surface area (Å²) in [7, 11) is 0. The van der Waals surface area contributed by atoms with Gasteiger partial charge in [0.2, 0.25) is 0 Å². The maximum absolute atomic E-state index is 13.1. The first-order chi connectivity index (χ1) is 10.2. The summed E-state index contributed by atoms with van der Waals surface area (Å²) in [5.74, 6) is -1.43. The molecule has 0 spiro atoms. The van der Waals surface area contributed by atoms with Crippen molar-refractivity contribution in [3.8, 4) is 5.75 Å². The zero-order valence-electron chi connectivity index (χ0n) is 11.6. The molecule has 0 radical (unpaired) electrons. The minimum Gasteiger partial charge on any atom is -0.489 e. The number of ether oxygens (including phenoxy) is 1. The van der Waals surface area contributed by atoms with Crippen LogP contribution in [0.5, 0.6) is 5.75 Å². The largest absolute Gasteiger partial charge is 0.489 e. The number of benzene rings is 2. The summed E-state index contributed by atoms with van der Waals surface area (Å²) in [5, 5.41) is 3.45. The smallest absolute Gasteiger partial charge is 0.162 e. The van der Waals surface area contributed by atoms with Crippen molar-refractivity contribution < 1.29 is 13.5 Å². The summed E-state index contributed by atoms with van der Waals surface area (Å²) in [6, 6.07) is 12.3. The summed E-state index contributed by atoms with van der Waals surface area (Å²) in [5.41, 5.74) is 2.23. The van der Waals surface area contributed by atoms with E-state index in [4.69, 9.17) is 4.74 Å². The molecule has 3 rings (SSSR count). The van der Waals surface area contributed by atoms with Gasteiger partial charge in [0.1, 0.15) is 12.4 Å². The Labute approximate surface area is 122 Å². The van der Waals surface area contributed by atoms with Crippen molar-refractivity contribution in [1.82, 2.24) is 5.32 Å². The second kappa shape index (κ2) is 6.22. The number of nitrogens with one attached hydrogen (secondary N) is 1. The molecule has 2 aromatic rings. The van der Waals surface area contributed by atoms with Crippen molar-refractivity contribution in [3.05, 3.63) is 65.2 Å². The van der Waals surface area contributed by atoms with Gasteiger partial charge in [-0.3, -0.25) is 0 Å². The van der Waals surface area contributed by atoms with Gasteiger partial charge in [-0.2, -0.15) is 0 Å². The number of hydrogen-bond acceptors (Lipinski definition) is 2. The SMILES string of the molecule is Fc1ccc(OCc2ccc(CNC3CC3)cc2)cc1F. The van der Waals surface area contributed by atoms with Gasteiger partial charge in [0.15, 0.2) is 11.6 Å². The standard InChI is InChI=1S/C17H17F2NO/c18-16-8-7-15(9-17(16)19)21-11-13-3-1-12(2-4-13)10-20-14-5-6-14/h1-4,7-9,14,20H,5-6,10-11H2. The van der Waals surface area contributed by atoms with E-state index in [0.717, 1.165) is 24.2 Å². The Bertz CT molecular complexity index is 609. The van der Waals surface area contributed by atoms with Crippen LogP contribution in [0.4, 0.5) is 8.78 Å². The Morgan fingerprint density at radius 1 is 0.952 bits per heavy atom. The van der Waals surface area contributed by atoms with Gasteiger partial charge in [0.05, 0.1) is 0 Å². The van der Waals surface area contributed by atoms with Crippen molar-refractivity contribution in [2.45, 2.75) is 32.0 Å². The summed E-state index contributed by atoms with van der Waals surface area (Å²) in [6.07, 6.45) is 2.56. The van der Waals surface area contributed by atoms with Crippen LogP contribution >= 0.6 is 0 Å². The Morgan fingerprint density at radius 2 is 1.67 bits per heavy atom. The lowest BCUT2D eigenvalue weighted by atomic mass is 10.1. The molecule has 2 aromatic carbocycles. The van der Waals surface area contributed by atoms with Crippen molar-refractivity contribution in [3.63, 3.8) is 0 Å². The molecule has 0 saturated heterocycles. The molecule has 1 saturated carbocycles. The summed E-state index contributed by atoms with van der Waals surface area (Å²) in [4.78, 5) is 0. The molecule has 1 fully saturated rings. The van der Waals surface area contributed by atoms with Crippen LogP contribution in [0.3, 0.4) is 0 Å². The summed E-state index contributed by atoms with van der Waals surface area (Å²) < 4.78 is 31.3. The van der Waals surface area contributed by atoms with Gasteiger partial charge in [-0.15, -0.1) is 0 Å². The van der Waals surface area contributed by atoms with Crippen LogP contribution in [0.2, 0.25) is 0 Å². The highest BCUT2D eigenvalue weighted by Crippen LogP contribution is 2.20. The Kier molecular flexibility index (Phi) is 4.15. The number of hydrogen-bond donors (Lipinski definition) is 1. The highest BCUT2D eigenvalue weighted by molar-refractivity contribution is 5.26. The van der Waals surface area contributed by atoms with Crippen molar-refractivity contribution in [1.29, 1.82) is 0 Å². The van der Waals surface area contributed by atoms with Gasteiger partial charge in [0.25, 0.3) is 0 Å². The lowest BCUT2D eigenvalue weighted by molar-refractivity contribution is 0.303. The summed E-state index contributed by atoms with van der Waals surface area (Å²) >= 11 is 0. The van der Waals surface area contributed by atoms with Gasteiger partial charge < -0.3 is 10.1 Å². The molecule has 110 valence electrons.